The standard InChI is InChI=1S/C19H18N4O3/c1-2-25-10-9-20-18-16-15(14-7-4-8-21-19(14)26-16)22-17(23-18)12-5-3-6-13(24)11-12/h3-8,11,24H,2,9-10H2,1H3,(H,20,22,23). The normalized spacial score (nSPS) is 11.3. The summed E-state index contributed by atoms with van der Waals surface area (Å²) in [5.41, 5.74) is 2.47. The van der Waals surface area contributed by atoms with Crippen LogP contribution in [-0.2, 0) is 4.74 Å². The fourth-order valence-electron chi connectivity index (χ4n) is 2.76. The van der Waals surface area contributed by atoms with Crippen LogP contribution in [0.15, 0.2) is 47.0 Å². The number of aromatic hydroxyl groups is 1. The van der Waals surface area contributed by atoms with Crippen LogP contribution in [0.5, 0.6) is 5.75 Å². The van der Waals surface area contributed by atoms with Crippen LogP contribution in [0, 0.1) is 0 Å². The van der Waals surface area contributed by atoms with Gasteiger partial charge in [-0.3, -0.25) is 0 Å². The number of nitrogens with zero attached hydrogens (tertiary/aromatic N) is 3. The zero-order chi connectivity index (χ0) is 17.9. The Morgan fingerprint density at radius 2 is 2.12 bits per heavy atom. The summed E-state index contributed by atoms with van der Waals surface area (Å²) in [7, 11) is 0. The number of benzene rings is 1. The molecule has 0 amide bonds. The van der Waals surface area contributed by atoms with E-state index in [1.54, 1.807) is 24.4 Å². The third-order valence-corrected chi connectivity index (χ3v) is 3.94. The molecule has 7 heteroatoms. The molecule has 4 aromatic rings. The molecule has 3 aromatic heterocycles. The first-order chi connectivity index (χ1) is 12.8. The Morgan fingerprint density at radius 3 is 2.96 bits per heavy atom. The van der Waals surface area contributed by atoms with Gasteiger partial charge in [0, 0.05) is 24.9 Å². The maximum Gasteiger partial charge on any atom is 0.229 e. The number of hydrogen-bond donors (Lipinski definition) is 2. The van der Waals surface area contributed by atoms with Crippen LogP contribution in [0.2, 0.25) is 0 Å². The van der Waals surface area contributed by atoms with Crippen LogP contribution in [0.25, 0.3) is 33.6 Å². The molecule has 0 bridgehead atoms. The van der Waals surface area contributed by atoms with Crippen LogP contribution >= 0.6 is 0 Å². The summed E-state index contributed by atoms with van der Waals surface area (Å²) in [6.07, 6.45) is 1.68. The minimum absolute atomic E-state index is 0.163. The summed E-state index contributed by atoms with van der Waals surface area (Å²) < 4.78 is 11.2. The predicted molar refractivity (Wildman–Crippen MR) is 99.2 cm³/mol. The Kier molecular flexibility index (Phi) is 4.37. The average molecular weight is 350 g/mol. The second-order valence-corrected chi connectivity index (χ2v) is 5.71. The molecular weight excluding hydrogens is 332 g/mol. The van der Waals surface area contributed by atoms with Crippen molar-refractivity contribution in [2.24, 2.45) is 0 Å². The van der Waals surface area contributed by atoms with E-state index >= 15 is 0 Å². The molecular formula is C19H18N4O3. The minimum Gasteiger partial charge on any atom is -0.508 e. The number of nitrogens with one attached hydrogen (secondary N) is 1. The van der Waals surface area contributed by atoms with E-state index in [-0.39, 0.29) is 5.75 Å². The molecule has 0 fully saturated rings. The van der Waals surface area contributed by atoms with Crippen molar-refractivity contribution in [3.63, 3.8) is 0 Å². The smallest absolute Gasteiger partial charge is 0.229 e. The molecule has 0 spiro atoms. The monoisotopic (exact) mass is 350 g/mol. The topological polar surface area (TPSA) is 93.3 Å². The predicted octanol–water partition coefficient (Wildman–Crippen LogP) is 3.59. The van der Waals surface area contributed by atoms with Crippen molar-refractivity contribution < 1.29 is 14.3 Å². The summed E-state index contributed by atoms with van der Waals surface area (Å²) >= 11 is 0. The van der Waals surface area contributed by atoms with Gasteiger partial charge in [-0.05, 0) is 31.2 Å². The molecule has 4 rings (SSSR count). The molecule has 1 aromatic carbocycles. The Bertz CT molecular complexity index is 1060. The van der Waals surface area contributed by atoms with Gasteiger partial charge >= 0.3 is 0 Å². The van der Waals surface area contributed by atoms with Crippen molar-refractivity contribution in [1.29, 1.82) is 0 Å². The second kappa shape index (κ2) is 6.97. The summed E-state index contributed by atoms with van der Waals surface area (Å²) in [4.78, 5) is 13.5. The number of rotatable bonds is 6. The number of ether oxygens (including phenoxy) is 1. The van der Waals surface area contributed by atoms with E-state index in [1.807, 2.05) is 25.1 Å². The van der Waals surface area contributed by atoms with Gasteiger partial charge in [0.25, 0.3) is 0 Å². The molecule has 132 valence electrons. The van der Waals surface area contributed by atoms with Crippen molar-refractivity contribution in [1.82, 2.24) is 15.0 Å². The first kappa shape index (κ1) is 16.3. The van der Waals surface area contributed by atoms with E-state index in [0.717, 1.165) is 10.9 Å². The van der Waals surface area contributed by atoms with Crippen molar-refractivity contribution in [3.05, 3.63) is 42.6 Å². The number of phenols is 1. The maximum atomic E-state index is 9.77. The van der Waals surface area contributed by atoms with Crippen molar-refractivity contribution in [3.8, 4) is 17.1 Å². The highest BCUT2D eigenvalue weighted by Crippen LogP contribution is 2.32. The first-order valence-corrected chi connectivity index (χ1v) is 8.42. The highest BCUT2D eigenvalue weighted by atomic mass is 16.5. The van der Waals surface area contributed by atoms with Gasteiger partial charge in [-0.25, -0.2) is 15.0 Å². The number of furan rings is 1. The van der Waals surface area contributed by atoms with E-state index in [1.165, 1.54) is 0 Å². The molecule has 0 aliphatic rings. The average Bonchev–Trinajstić information content (AvgIpc) is 3.04. The van der Waals surface area contributed by atoms with Gasteiger partial charge in [-0.2, -0.15) is 0 Å². The lowest BCUT2D eigenvalue weighted by Crippen LogP contribution is -2.11. The van der Waals surface area contributed by atoms with Gasteiger partial charge in [-0.1, -0.05) is 12.1 Å². The lowest BCUT2D eigenvalue weighted by molar-refractivity contribution is 0.158. The fourth-order valence-corrected chi connectivity index (χ4v) is 2.76. The molecule has 0 unspecified atom stereocenters. The van der Waals surface area contributed by atoms with Gasteiger partial charge < -0.3 is 19.6 Å². The van der Waals surface area contributed by atoms with Gasteiger partial charge in [-0.15, -0.1) is 0 Å². The summed E-state index contributed by atoms with van der Waals surface area (Å²) in [5, 5.41) is 13.8. The van der Waals surface area contributed by atoms with E-state index in [2.05, 4.69) is 20.3 Å². The molecule has 2 N–H and O–H groups in total. The van der Waals surface area contributed by atoms with Crippen molar-refractivity contribution in [2.75, 3.05) is 25.1 Å². The van der Waals surface area contributed by atoms with Crippen molar-refractivity contribution >= 4 is 28.0 Å². The fraction of sp³-hybridized carbons (Fsp3) is 0.211. The van der Waals surface area contributed by atoms with Crippen LogP contribution in [-0.4, -0.2) is 39.8 Å². The van der Waals surface area contributed by atoms with Gasteiger partial charge in [0.1, 0.15) is 11.3 Å². The second-order valence-electron chi connectivity index (χ2n) is 5.71. The van der Waals surface area contributed by atoms with Crippen LogP contribution in [0.1, 0.15) is 6.92 Å². The third kappa shape index (κ3) is 3.04. The number of aromatic nitrogens is 3. The molecule has 0 saturated carbocycles. The van der Waals surface area contributed by atoms with Crippen molar-refractivity contribution in [2.45, 2.75) is 6.92 Å². The molecule has 3 heterocycles. The van der Waals surface area contributed by atoms with Crippen LogP contribution in [0.4, 0.5) is 5.82 Å². The number of hydrogen-bond acceptors (Lipinski definition) is 7. The van der Waals surface area contributed by atoms with Crippen LogP contribution < -0.4 is 5.32 Å². The lowest BCUT2D eigenvalue weighted by atomic mass is 10.2. The summed E-state index contributed by atoms with van der Waals surface area (Å²) in [6.45, 7) is 3.75. The van der Waals surface area contributed by atoms with Gasteiger partial charge in [0.2, 0.25) is 5.71 Å². The third-order valence-electron chi connectivity index (χ3n) is 3.94. The number of fused-ring (bicyclic) bond motifs is 3. The van der Waals surface area contributed by atoms with E-state index < -0.39 is 0 Å². The highest BCUT2D eigenvalue weighted by Gasteiger charge is 2.17. The Balaban J connectivity index is 1.86. The molecule has 7 nitrogen and oxygen atoms in total. The quantitative estimate of drug-likeness (QED) is 0.513. The largest absolute Gasteiger partial charge is 0.508 e. The Labute approximate surface area is 149 Å². The van der Waals surface area contributed by atoms with Gasteiger partial charge in [0.05, 0.1) is 12.0 Å². The molecule has 0 atom stereocenters. The molecule has 0 aliphatic carbocycles. The molecule has 0 radical (unpaired) electrons. The highest BCUT2D eigenvalue weighted by molar-refractivity contribution is 6.05. The van der Waals surface area contributed by atoms with Crippen LogP contribution in [0.3, 0.4) is 0 Å². The maximum absolute atomic E-state index is 9.77. The minimum atomic E-state index is 0.163. The first-order valence-electron chi connectivity index (χ1n) is 8.42. The zero-order valence-corrected chi connectivity index (χ0v) is 14.3. The number of phenolic OH excluding ortho intramolecular Hbond substituents is 1. The summed E-state index contributed by atoms with van der Waals surface area (Å²) in [5.74, 6) is 1.24. The lowest BCUT2D eigenvalue weighted by Gasteiger charge is -2.08. The van der Waals surface area contributed by atoms with Gasteiger partial charge in [0.15, 0.2) is 17.2 Å². The molecule has 0 saturated heterocycles. The van der Waals surface area contributed by atoms with E-state index in [4.69, 9.17) is 9.15 Å². The number of pyridine rings is 1. The Morgan fingerprint density at radius 1 is 1.19 bits per heavy atom. The van der Waals surface area contributed by atoms with E-state index in [0.29, 0.717) is 48.2 Å². The zero-order valence-electron chi connectivity index (χ0n) is 14.3. The van der Waals surface area contributed by atoms with E-state index in [9.17, 15) is 5.11 Å². The number of anilines is 1. The summed E-state index contributed by atoms with van der Waals surface area (Å²) in [6, 6.07) is 10.6. The molecule has 26 heavy (non-hydrogen) atoms. The Hall–Kier alpha value is -3.19. The SMILES string of the molecule is CCOCCNc1nc(-c2cccc(O)c2)nc2c1oc1ncccc12. The molecule has 0 aliphatic heterocycles.